The maximum absolute atomic E-state index is 6.03. The van der Waals surface area contributed by atoms with Crippen LogP contribution in [0.4, 0.5) is 0 Å². The van der Waals surface area contributed by atoms with Crippen molar-refractivity contribution >= 4 is 39.9 Å². The van der Waals surface area contributed by atoms with E-state index in [0.717, 1.165) is 32.1 Å². The summed E-state index contributed by atoms with van der Waals surface area (Å²) < 4.78 is 7.86. The summed E-state index contributed by atoms with van der Waals surface area (Å²) in [6, 6.07) is 12.1. The molecule has 0 radical (unpaired) electrons. The summed E-state index contributed by atoms with van der Waals surface area (Å²) in [4.78, 5) is 6.50. The minimum Gasteiger partial charge on any atom is -0.454 e. The third kappa shape index (κ3) is 3.21. The highest BCUT2D eigenvalue weighted by Gasteiger charge is 2.12. The van der Waals surface area contributed by atoms with Crippen LogP contribution in [0.25, 0.3) is 22.4 Å². The fraction of sp³-hybridized carbons (Fsp3) is 0.100. The first-order chi connectivity index (χ1) is 12.8. The zero-order valence-electron chi connectivity index (χ0n) is 14.3. The molecular weight excluding hydrogens is 362 g/mol. The first kappa shape index (κ1) is 16.8. The Balaban J connectivity index is 1.84. The topological polar surface area (TPSA) is 42.8 Å². The Morgan fingerprint density at radius 1 is 1.23 bits per heavy atom. The maximum atomic E-state index is 6.03. The summed E-state index contributed by atoms with van der Waals surface area (Å²) in [6.45, 7) is 6.38. The Kier molecular flexibility index (Phi) is 4.69. The standard InChI is InChI=1S/C20H17N3OS2/c1-3-9-21-20-23(22-12-19-14(2)8-10-25-19)16(13-26-20)18-11-15-6-4-5-7-17(15)24-18/h3-8,10-13H,1,9H2,2H3/b21-20?,22-12+. The highest BCUT2D eigenvalue weighted by molar-refractivity contribution is 7.11. The average molecular weight is 380 g/mol. The van der Waals surface area contributed by atoms with Gasteiger partial charge in [-0.1, -0.05) is 24.3 Å². The van der Waals surface area contributed by atoms with E-state index in [1.807, 2.05) is 46.6 Å². The van der Waals surface area contributed by atoms with E-state index in [1.165, 1.54) is 5.56 Å². The van der Waals surface area contributed by atoms with Crippen molar-refractivity contribution in [3.63, 3.8) is 0 Å². The van der Waals surface area contributed by atoms with Crippen LogP contribution in [0.3, 0.4) is 0 Å². The Hall–Kier alpha value is -2.70. The van der Waals surface area contributed by atoms with Crippen LogP contribution in [0.1, 0.15) is 10.4 Å². The Bertz CT molecular complexity index is 1120. The molecule has 0 amide bonds. The van der Waals surface area contributed by atoms with Crippen LogP contribution in [-0.2, 0) is 0 Å². The molecule has 26 heavy (non-hydrogen) atoms. The van der Waals surface area contributed by atoms with Crippen molar-refractivity contribution in [2.24, 2.45) is 10.1 Å². The number of para-hydroxylation sites is 1. The quantitative estimate of drug-likeness (QED) is 0.343. The number of hydrogen-bond acceptors (Lipinski definition) is 5. The predicted octanol–water partition coefficient (Wildman–Crippen LogP) is 5.30. The van der Waals surface area contributed by atoms with E-state index in [2.05, 4.69) is 29.9 Å². The number of thiophene rings is 1. The van der Waals surface area contributed by atoms with E-state index in [-0.39, 0.29) is 0 Å². The van der Waals surface area contributed by atoms with E-state index in [0.29, 0.717) is 6.54 Å². The predicted molar refractivity (Wildman–Crippen MR) is 110 cm³/mol. The molecule has 4 nitrogen and oxygen atoms in total. The lowest BCUT2D eigenvalue weighted by Crippen LogP contribution is -2.12. The van der Waals surface area contributed by atoms with Crippen LogP contribution in [0, 0.1) is 6.92 Å². The number of thiazole rings is 1. The molecule has 3 heterocycles. The van der Waals surface area contributed by atoms with Crippen LogP contribution >= 0.6 is 22.7 Å². The molecule has 0 aliphatic carbocycles. The van der Waals surface area contributed by atoms with Gasteiger partial charge in [0, 0.05) is 10.8 Å². The minimum atomic E-state index is 0.549. The van der Waals surface area contributed by atoms with Crippen molar-refractivity contribution < 1.29 is 4.42 Å². The molecule has 0 saturated carbocycles. The van der Waals surface area contributed by atoms with Gasteiger partial charge in [0.15, 0.2) is 5.76 Å². The molecule has 0 N–H and O–H groups in total. The largest absolute Gasteiger partial charge is 0.454 e. The highest BCUT2D eigenvalue weighted by Crippen LogP contribution is 2.28. The molecule has 6 heteroatoms. The van der Waals surface area contributed by atoms with Gasteiger partial charge in [0.05, 0.1) is 17.6 Å². The monoisotopic (exact) mass is 379 g/mol. The van der Waals surface area contributed by atoms with Crippen LogP contribution < -0.4 is 4.80 Å². The second kappa shape index (κ2) is 7.27. The van der Waals surface area contributed by atoms with E-state index >= 15 is 0 Å². The molecule has 3 aromatic heterocycles. The molecule has 0 atom stereocenters. The number of benzene rings is 1. The number of hydrogen-bond donors (Lipinski definition) is 0. The van der Waals surface area contributed by atoms with Gasteiger partial charge in [-0.15, -0.1) is 29.3 Å². The minimum absolute atomic E-state index is 0.549. The molecule has 0 unspecified atom stereocenters. The van der Waals surface area contributed by atoms with Gasteiger partial charge in [0.2, 0.25) is 4.80 Å². The lowest BCUT2D eigenvalue weighted by Gasteiger charge is -2.00. The molecule has 0 bridgehead atoms. The van der Waals surface area contributed by atoms with Crippen molar-refractivity contribution in [3.8, 4) is 11.5 Å². The van der Waals surface area contributed by atoms with E-state index in [9.17, 15) is 0 Å². The van der Waals surface area contributed by atoms with Crippen molar-refractivity contribution in [1.29, 1.82) is 0 Å². The first-order valence-corrected chi connectivity index (χ1v) is 9.91. The smallest absolute Gasteiger partial charge is 0.206 e. The molecule has 0 spiro atoms. The van der Waals surface area contributed by atoms with Crippen LogP contribution in [0.2, 0.25) is 0 Å². The van der Waals surface area contributed by atoms with Gasteiger partial charge in [0.1, 0.15) is 11.3 Å². The highest BCUT2D eigenvalue weighted by atomic mass is 32.1. The summed E-state index contributed by atoms with van der Waals surface area (Å²) in [6.07, 6.45) is 3.66. The number of aromatic nitrogens is 1. The summed E-state index contributed by atoms with van der Waals surface area (Å²) in [5.41, 5.74) is 2.96. The Morgan fingerprint density at radius 3 is 2.88 bits per heavy atom. The fourth-order valence-electron chi connectivity index (χ4n) is 2.57. The molecule has 0 aliphatic rings. The third-order valence-electron chi connectivity index (χ3n) is 3.91. The van der Waals surface area contributed by atoms with Gasteiger partial charge in [-0.25, -0.2) is 4.68 Å². The summed E-state index contributed by atoms with van der Waals surface area (Å²) in [5, 5.41) is 9.86. The molecule has 0 saturated heterocycles. The molecule has 4 rings (SSSR count). The molecule has 1 aromatic carbocycles. The number of nitrogens with zero attached hydrogens (tertiary/aromatic N) is 3. The van der Waals surface area contributed by atoms with Gasteiger partial charge >= 0.3 is 0 Å². The molecule has 130 valence electrons. The van der Waals surface area contributed by atoms with Crippen molar-refractivity contribution in [3.05, 3.63) is 75.1 Å². The lowest BCUT2D eigenvalue weighted by atomic mass is 10.2. The second-order valence-corrected chi connectivity index (χ2v) is 7.49. The van der Waals surface area contributed by atoms with Crippen LogP contribution in [0.5, 0.6) is 0 Å². The molecule has 4 aromatic rings. The van der Waals surface area contributed by atoms with Gasteiger partial charge in [-0.2, -0.15) is 5.10 Å². The fourth-order valence-corrected chi connectivity index (χ4v) is 4.18. The SMILES string of the molecule is C=CCN=c1scc(-c2cc3ccccc3o2)n1/N=C/c1sccc1C. The first-order valence-electron chi connectivity index (χ1n) is 8.15. The van der Waals surface area contributed by atoms with Gasteiger partial charge in [-0.3, -0.25) is 4.99 Å². The number of furan rings is 1. The zero-order chi connectivity index (χ0) is 17.9. The number of rotatable bonds is 5. The summed E-state index contributed by atoms with van der Waals surface area (Å²) >= 11 is 3.21. The Labute approximate surface area is 159 Å². The van der Waals surface area contributed by atoms with Crippen molar-refractivity contribution in [2.75, 3.05) is 6.54 Å². The lowest BCUT2D eigenvalue weighted by molar-refractivity contribution is 0.621. The third-order valence-corrected chi connectivity index (χ3v) is 5.72. The zero-order valence-corrected chi connectivity index (χ0v) is 15.9. The molecular formula is C20H17N3OS2. The van der Waals surface area contributed by atoms with E-state index < -0.39 is 0 Å². The normalized spacial score (nSPS) is 12.4. The Morgan fingerprint density at radius 2 is 2.12 bits per heavy atom. The van der Waals surface area contributed by atoms with Crippen molar-refractivity contribution in [2.45, 2.75) is 6.92 Å². The molecule has 0 fully saturated rings. The van der Waals surface area contributed by atoms with E-state index in [4.69, 9.17) is 9.52 Å². The van der Waals surface area contributed by atoms with Gasteiger partial charge in [-0.05, 0) is 36.1 Å². The average Bonchev–Trinajstić information content (AvgIpc) is 3.35. The van der Waals surface area contributed by atoms with Gasteiger partial charge in [0.25, 0.3) is 0 Å². The summed E-state index contributed by atoms with van der Waals surface area (Å²) in [5.74, 6) is 0.780. The second-order valence-electron chi connectivity index (χ2n) is 5.71. The molecule has 0 aliphatic heterocycles. The van der Waals surface area contributed by atoms with Gasteiger partial charge < -0.3 is 4.42 Å². The maximum Gasteiger partial charge on any atom is 0.206 e. The van der Waals surface area contributed by atoms with Crippen LogP contribution in [0.15, 0.2) is 74.3 Å². The van der Waals surface area contributed by atoms with Crippen LogP contribution in [-0.4, -0.2) is 17.4 Å². The number of fused-ring (bicyclic) bond motifs is 1. The summed E-state index contributed by atoms with van der Waals surface area (Å²) in [7, 11) is 0. The van der Waals surface area contributed by atoms with E-state index in [1.54, 1.807) is 28.7 Å². The number of aryl methyl sites for hydroxylation is 1. The van der Waals surface area contributed by atoms with Crippen molar-refractivity contribution in [1.82, 2.24) is 4.68 Å².